The summed E-state index contributed by atoms with van der Waals surface area (Å²) in [5, 5.41) is 0. The molecule has 100 valence electrons. The number of benzene rings is 2. The van der Waals surface area contributed by atoms with E-state index in [1.807, 2.05) is 19.1 Å². The van der Waals surface area contributed by atoms with Gasteiger partial charge in [-0.3, -0.25) is 0 Å². The molecule has 0 N–H and O–H groups in total. The SMILES string of the molecule is CCOc1ccc(C(Br)c2ccccc2SC)cc1. The van der Waals surface area contributed by atoms with E-state index >= 15 is 0 Å². The van der Waals surface area contributed by atoms with Gasteiger partial charge in [0.25, 0.3) is 0 Å². The molecule has 1 nitrogen and oxygen atoms in total. The van der Waals surface area contributed by atoms with Crippen LogP contribution >= 0.6 is 27.7 Å². The van der Waals surface area contributed by atoms with Crippen LogP contribution in [-0.2, 0) is 0 Å². The van der Waals surface area contributed by atoms with Gasteiger partial charge in [0.05, 0.1) is 11.4 Å². The summed E-state index contributed by atoms with van der Waals surface area (Å²) >= 11 is 5.57. The van der Waals surface area contributed by atoms with Gasteiger partial charge in [-0.1, -0.05) is 46.3 Å². The minimum absolute atomic E-state index is 0.215. The van der Waals surface area contributed by atoms with Crippen molar-refractivity contribution in [2.24, 2.45) is 0 Å². The lowest BCUT2D eigenvalue weighted by Gasteiger charge is -2.14. The second-order valence-corrected chi connectivity index (χ2v) is 5.87. The number of alkyl halides is 1. The van der Waals surface area contributed by atoms with Gasteiger partial charge in [0.2, 0.25) is 0 Å². The molecule has 1 atom stereocenters. The summed E-state index contributed by atoms with van der Waals surface area (Å²) in [6, 6.07) is 16.8. The lowest BCUT2D eigenvalue weighted by atomic mass is 10.0. The number of rotatable bonds is 5. The van der Waals surface area contributed by atoms with Crippen LogP contribution in [0.25, 0.3) is 0 Å². The zero-order chi connectivity index (χ0) is 13.7. The second kappa shape index (κ2) is 7.01. The predicted octanol–water partition coefficient (Wildman–Crippen LogP) is 5.29. The zero-order valence-electron chi connectivity index (χ0n) is 11.1. The number of hydrogen-bond donors (Lipinski definition) is 0. The molecule has 0 aliphatic carbocycles. The fourth-order valence-corrected chi connectivity index (χ4v) is 3.45. The van der Waals surface area contributed by atoms with Crippen molar-refractivity contribution in [2.75, 3.05) is 12.9 Å². The highest BCUT2D eigenvalue weighted by atomic mass is 79.9. The van der Waals surface area contributed by atoms with Crippen LogP contribution in [0.1, 0.15) is 22.9 Å². The monoisotopic (exact) mass is 336 g/mol. The van der Waals surface area contributed by atoms with Crippen LogP contribution in [0, 0.1) is 0 Å². The zero-order valence-corrected chi connectivity index (χ0v) is 13.5. The van der Waals surface area contributed by atoms with E-state index < -0.39 is 0 Å². The highest BCUT2D eigenvalue weighted by Crippen LogP contribution is 2.36. The maximum atomic E-state index is 5.47. The third-order valence-corrected chi connectivity index (χ3v) is 4.73. The van der Waals surface area contributed by atoms with Crippen LogP contribution in [-0.4, -0.2) is 12.9 Å². The Morgan fingerprint density at radius 1 is 1.11 bits per heavy atom. The van der Waals surface area contributed by atoms with Crippen molar-refractivity contribution in [3.63, 3.8) is 0 Å². The molecule has 0 spiro atoms. The van der Waals surface area contributed by atoms with E-state index in [9.17, 15) is 0 Å². The standard InChI is InChI=1S/C16H17BrOS/c1-3-18-13-10-8-12(9-11-13)16(17)14-6-4-5-7-15(14)19-2/h4-11,16H,3H2,1-2H3. The van der Waals surface area contributed by atoms with Gasteiger partial charge in [-0.2, -0.15) is 0 Å². The summed E-state index contributed by atoms with van der Waals surface area (Å²) in [5.41, 5.74) is 2.55. The van der Waals surface area contributed by atoms with Crippen LogP contribution in [0.3, 0.4) is 0 Å². The fraction of sp³-hybridized carbons (Fsp3) is 0.250. The second-order valence-electron chi connectivity index (χ2n) is 4.11. The van der Waals surface area contributed by atoms with Gasteiger partial charge in [0.15, 0.2) is 0 Å². The summed E-state index contributed by atoms with van der Waals surface area (Å²) in [7, 11) is 0. The molecule has 2 aromatic carbocycles. The molecule has 2 rings (SSSR count). The van der Waals surface area contributed by atoms with Gasteiger partial charge >= 0.3 is 0 Å². The molecular formula is C16H17BrOS. The van der Waals surface area contributed by atoms with Crippen molar-refractivity contribution in [3.05, 3.63) is 59.7 Å². The molecule has 0 bridgehead atoms. The van der Waals surface area contributed by atoms with Crippen LogP contribution in [0.2, 0.25) is 0 Å². The molecular weight excluding hydrogens is 320 g/mol. The average Bonchev–Trinajstić information content (AvgIpc) is 2.47. The van der Waals surface area contributed by atoms with Gasteiger partial charge in [-0.15, -0.1) is 11.8 Å². The first-order valence-electron chi connectivity index (χ1n) is 6.26. The Labute approximate surface area is 127 Å². The van der Waals surface area contributed by atoms with Crippen LogP contribution in [0.5, 0.6) is 5.75 Å². The summed E-state index contributed by atoms with van der Waals surface area (Å²) in [6.07, 6.45) is 2.11. The van der Waals surface area contributed by atoms with Crippen LogP contribution < -0.4 is 4.74 Å². The van der Waals surface area contributed by atoms with Crippen molar-refractivity contribution >= 4 is 27.7 Å². The predicted molar refractivity (Wildman–Crippen MR) is 86.6 cm³/mol. The molecule has 0 amide bonds. The lowest BCUT2D eigenvalue weighted by molar-refractivity contribution is 0.340. The molecule has 19 heavy (non-hydrogen) atoms. The van der Waals surface area contributed by atoms with E-state index in [2.05, 4.69) is 58.6 Å². The first-order chi connectivity index (χ1) is 9.26. The number of ether oxygens (including phenoxy) is 1. The molecule has 3 heteroatoms. The van der Waals surface area contributed by atoms with E-state index in [0.29, 0.717) is 6.61 Å². The largest absolute Gasteiger partial charge is 0.494 e. The smallest absolute Gasteiger partial charge is 0.119 e. The first-order valence-corrected chi connectivity index (χ1v) is 8.40. The van der Waals surface area contributed by atoms with Crippen molar-refractivity contribution < 1.29 is 4.74 Å². The molecule has 0 fully saturated rings. The van der Waals surface area contributed by atoms with E-state index in [1.54, 1.807) is 11.8 Å². The van der Waals surface area contributed by atoms with Gasteiger partial charge < -0.3 is 4.74 Å². The van der Waals surface area contributed by atoms with Crippen LogP contribution in [0.15, 0.2) is 53.4 Å². The Morgan fingerprint density at radius 2 is 1.79 bits per heavy atom. The Morgan fingerprint density at radius 3 is 2.42 bits per heavy atom. The Hall–Kier alpha value is -0.930. The summed E-state index contributed by atoms with van der Waals surface area (Å²) in [4.78, 5) is 1.52. The van der Waals surface area contributed by atoms with Crippen molar-refractivity contribution in [3.8, 4) is 5.75 Å². The Balaban J connectivity index is 2.25. The van der Waals surface area contributed by atoms with Crippen molar-refractivity contribution in [1.29, 1.82) is 0 Å². The first kappa shape index (κ1) is 14.5. The topological polar surface area (TPSA) is 9.23 Å². The minimum atomic E-state index is 0.215. The summed E-state index contributed by atoms with van der Waals surface area (Å²) in [6.45, 7) is 2.70. The Kier molecular flexibility index (Phi) is 5.34. The van der Waals surface area contributed by atoms with Gasteiger partial charge in [-0.25, -0.2) is 0 Å². The number of thioether (sulfide) groups is 1. The van der Waals surface area contributed by atoms with Gasteiger partial charge in [0.1, 0.15) is 5.75 Å². The molecule has 0 aromatic heterocycles. The molecule has 0 aliphatic rings. The molecule has 0 saturated heterocycles. The number of halogens is 1. The average molecular weight is 337 g/mol. The van der Waals surface area contributed by atoms with E-state index in [1.165, 1.54) is 16.0 Å². The summed E-state index contributed by atoms with van der Waals surface area (Å²) in [5.74, 6) is 0.920. The third-order valence-electron chi connectivity index (χ3n) is 2.90. The molecule has 0 heterocycles. The maximum absolute atomic E-state index is 5.47. The van der Waals surface area contributed by atoms with Crippen LogP contribution in [0.4, 0.5) is 0 Å². The number of hydrogen-bond acceptors (Lipinski definition) is 2. The van der Waals surface area contributed by atoms with Gasteiger partial charge in [-0.05, 0) is 42.5 Å². The third kappa shape index (κ3) is 3.54. The quantitative estimate of drug-likeness (QED) is 0.541. The maximum Gasteiger partial charge on any atom is 0.119 e. The fourth-order valence-electron chi connectivity index (χ4n) is 1.96. The van der Waals surface area contributed by atoms with E-state index in [4.69, 9.17) is 4.74 Å². The highest BCUT2D eigenvalue weighted by Gasteiger charge is 2.13. The summed E-state index contributed by atoms with van der Waals surface area (Å²) < 4.78 is 5.47. The van der Waals surface area contributed by atoms with Gasteiger partial charge in [0, 0.05) is 4.90 Å². The molecule has 0 saturated carbocycles. The van der Waals surface area contributed by atoms with E-state index in [0.717, 1.165) is 5.75 Å². The molecule has 0 aliphatic heterocycles. The molecule has 0 radical (unpaired) electrons. The normalized spacial score (nSPS) is 12.2. The molecule has 2 aromatic rings. The Bertz CT molecular complexity index is 525. The van der Waals surface area contributed by atoms with Crippen molar-refractivity contribution in [2.45, 2.75) is 16.6 Å². The minimum Gasteiger partial charge on any atom is -0.494 e. The highest BCUT2D eigenvalue weighted by molar-refractivity contribution is 9.09. The van der Waals surface area contributed by atoms with Crippen molar-refractivity contribution in [1.82, 2.24) is 0 Å². The van der Waals surface area contributed by atoms with E-state index in [-0.39, 0.29) is 4.83 Å². The lowest BCUT2D eigenvalue weighted by Crippen LogP contribution is -1.96. The molecule has 1 unspecified atom stereocenters.